The molecule has 4 heterocycles. The summed E-state index contributed by atoms with van der Waals surface area (Å²) in [5, 5.41) is 16.6. The van der Waals surface area contributed by atoms with Gasteiger partial charge in [0.2, 0.25) is 0 Å². The van der Waals surface area contributed by atoms with Crippen molar-refractivity contribution < 1.29 is 9.84 Å². The number of rotatable bonds is 10. The van der Waals surface area contributed by atoms with Gasteiger partial charge in [-0.2, -0.15) is 5.10 Å². The molecule has 1 aromatic carbocycles. The Kier molecular flexibility index (Phi) is 11.0. The van der Waals surface area contributed by atoms with Crippen molar-refractivity contribution >= 4 is 15.9 Å². The Hall–Kier alpha value is -5.02. The molecule has 0 aliphatic rings. The van der Waals surface area contributed by atoms with Crippen LogP contribution in [0.2, 0.25) is 0 Å². The van der Waals surface area contributed by atoms with Gasteiger partial charge in [0.1, 0.15) is 6.73 Å². The third-order valence-corrected chi connectivity index (χ3v) is 6.40. The molecule has 0 amide bonds. The molecule has 0 aliphatic heterocycles. The van der Waals surface area contributed by atoms with Gasteiger partial charge in [-0.25, -0.2) is 23.5 Å². The lowest BCUT2D eigenvalue weighted by Crippen LogP contribution is -2.42. The van der Waals surface area contributed by atoms with Gasteiger partial charge >= 0.3 is 16.9 Å². The Morgan fingerprint density at radius 3 is 2.00 bits per heavy atom. The third kappa shape index (κ3) is 8.98. The van der Waals surface area contributed by atoms with Crippen LogP contribution in [0.25, 0.3) is 0 Å². The summed E-state index contributed by atoms with van der Waals surface area (Å²) in [6, 6.07) is 20.6. The van der Waals surface area contributed by atoms with Crippen LogP contribution in [0.3, 0.4) is 0 Å². The topological polar surface area (TPSA) is 180 Å². The number of hydrogen-bond acceptors (Lipinski definition) is 10. The van der Waals surface area contributed by atoms with E-state index in [4.69, 9.17) is 9.84 Å². The van der Waals surface area contributed by atoms with E-state index >= 15 is 0 Å². The van der Waals surface area contributed by atoms with E-state index in [-0.39, 0.29) is 17.9 Å². The van der Waals surface area contributed by atoms with Gasteiger partial charge in [-0.05, 0) is 45.8 Å². The molecule has 0 unspecified atom stereocenters. The van der Waals surface area contributed by atoms with Crippen LogP contribution in [0.5, 0.6) is 5.88 Å². The molecule has 0 saturated heterocycles. The minimum absolute atomic E-state index is 0.0708. The number of nitrogens with zero attached hydrogens (tertiary/aromatic N) is 7. The molecule has 0 atom stereocenters. The number of halogens is 1. The first-order valence-corrected chi connectivity index (χ1v) is 13.8. The van der Waals surface area contributed by atoms with Gasteiger partial charge in [0.05, 0.1) is 19.7 Å². The van der Waals surface area contributed by atoms with Crippen molar-refractivity contribution in [1.82, 2.24) is 39.1 Å². The number of ether oxygens (including phenoxy) is 1. The largest absolute Gasteiger partial charge is 0.488 e. The first kappa shape index (κ1) is 30.9. The number of aromatic amines is 1. The van der Waals surface area contributed by atoms with Crippen molar-refractivity contribution in [2.75, 3.05) is 0 Å². The molecule has 43 heavy (non-hydrogen) atoms. The molecule has 0 spiro atoms. The smallest absolute Gasteiger partial charge is 0.349 e. The van der Waals surface area contributed by atoms with Crippen LogP contribution in [0.4, 0.5) is 0 Å². The predicted molar refractivity (Wildman–Crippen MR) is 158 cm³/mol. The number of H-pyrrole nitrogens is 1. The van der Waals surface area contributed by atoms with Crippen molar-refractivity contribution in [3.05, 3.63) is 142 Å². The number of aryl methyl sites for hydroxylation is 4. The van der Waals surface area contributed by atoms with Gasteiger partial charge in [-0.3, -0.25) is 24.5 Å². The van der Waals surface area contributed by atoms with Crippen LogP contribution in [0.15, 0.2) is 103 Å². The number of aromatic nitrogens is 8. The monoisotopic (exact) mass is 650 g/mol. The summed E-state index contributed by atoms with van der Waals surface area (Å²) in [6.45, 7) is 0.714. The maximum absolute atomic E-state index is 12.5. The maximum Gasteiger partial charge on any atom is 0.349 e. The van der Waals surface area contributed by atoms with Crippen molar-refractivity contribution in [2.45, 2.75) is 39.3 Å². The lowest BCUT2D eigenvalue weighted by atomic mass is 10.2. The first-order chi connectivity index (χ1) is 20.8. The second-order valence-corrected chi connectivity index (χ2v) is 9.69. The van der Waals surface area contributed by atoms with Gasteiger partial charge in [-0.1, -0.05) is 42.5 Å². The van der Waals surface area contributed by atoms with E-state index in [0.29, 0.717) is 26.0 Å². The molecule has 15 heteroatoms. The highest BCUT2D eigenvalue weighted by Gasteiger charge is 2.12. The molecule has 0 aliphatic carbocycles. The van der Waals surface area contributed by atoms with Crippen molar-refractivity contribution in [2.24, 2.45) is 0 Å². The zero-order valence-electron chi connectivity index (χ0n) is 22.7. The van der Waals surface area contributed by atoms with Crippen molar-refractivity contribution in [3.63, 3.8) is 0 Å². The van der Waals surface area contributed by atoms with E-state index in [9.17, 15) is 19.2 Å². The highest BCUT2D eigenvalue weighted by atomic mass is 79.9. The molecule has 5 aromatic rings. The van der Waals surface area contributed by atoms with Crippen LogP contribution in [0, 0.1) is 0 Å². The van der Waals surface area contributed by atoms with Gasteiger partial charge < -0.3 is 9.84 Å². The molecule has 2 N–H and O–H groups in total. The zero-order chi connectivity index (χ0) is 30.6. The van der Waals surface area contributed by atoms with Gasteiger partial charge in [-0.15, -0.1) is 5.10 Å². The molecular weight excluding hydrogens is 624 g/mol. The minimum atomic E-state index is -0.885. The van der Waals surface area contributed by atoms with E-state index < -0.39 is 28.4 Å². The van der Waals surface area contributed by atoms with Crippen LogP contribution in [-0.4, -0.2) is 44.2 Å². The summed E-state index contributed by atoms with van der Waals surface area (Å²) < 4.78 is 8.86. The summed E-state index contributed by atoms with van der Waals surface area (Å²) >= 11 is 3.12. The fraction of sp³-hybridized carbons (Fsp3) is 0.214. The molecule has 4 aromatic heterocycles. The first-order valence-electron chi connectivity index (χ1n) is 13.0. The van der Waals surface area contributed by atoms with E-state index in [1.165, 1.54) is 4.68 Å². The Morgan fingerprint density at radius 1 is 0.791 bits per heavy atom. The van der Waals surface area contributed by atoms with E-state index in [2.05, 4.69) is 36.1 Å². The molecule has 0 saturated carbocycles. The van der Waals surface area contributed by atoms with Crippen molar-refractivity contribution in [1.29, 1.82) is 0 Å². The standard InChI is InChI=1S/C18H17BrN4O3.C10H10N4O3/c19-16-17(24)22(13-26-12-14-6-2-1-3-7-14)18(25)23(21-16)11-9-15-8-4-5-10-20-15;15-8-9(16)13-14(10(17)12-8)6-4-7-3-1-2-5-11-7/h1-8,10H,9,11-13H2;1-3,5H,4,6H2,(H,13,16)(H,12,15,17). The minimum Gasteiger partial charge on any atom is -0.488 e. The molecule has 5 rings (SSSR count). The van der Waals surface area contributed by atoms with Gasteiger partial charge in [0.25, 0.3) is 11.4 Å². The summed E-state index contributed by atoms with van der Waals surface area (Å²) in [4.78, 5) is 57.2. The normalized spacial score (nSPS) is 10.6. The van der Waals surface area contributed by atoms with Crippen LogP contribution in [0.1, 0.15) is 17.0 Å². The van der Waals surface area contributed by atoms with E-state index in [0.717, 1.165) is 26.2 Å². The molecule has 0 fully saturated rings. The summed E-state index contributed by atoms with van der Waals surface area (Å²) in [5.74, 6) is -0.717. The summed E-state index contributed by atoms with van der Waals surface area (Å²) in [7, 11) is 0. The number of hydrogen-bond donors (Lipinski definition) is 2. The predicted octanol–water partition coefficient (Wildman–Crippen LogP) is 1.25. The summed E-state index contributed by atoms with van der Waals surface area (Å²) in [6.07, 6.45) is 4.36. The Labute approximate surface area is 252 Å². The van der Waals surface area contributed by atoms with Gasteiger partial charge in [0, 0.05) is 36.6 Å². The highest BCUT2D eigenvalue weighted by molar-refractivity contribution is 9.10. The van der Waals surface area contributed by atoms with Crippen LogP contribution in [-0.2, 0) is 44.0 Å². The van der Waals surface area contributed by atoms with Gasteiger partial charge in [0.15, 0.2) is 4.60 Å². The second kappa shape index (κ2) is 15.3. The SMILES string of the molecule is O=c1[nH]c(=O)n(CCc2ccccn2)nc1O.O=c1c(Br)nn(CCc2ccccn2)c(=O)n1COCc1ccccc1. The Balaban J connectivity index is 0.000000215. The average Bonchev–Trinajstić information content (AvgIpc) is 3.03. The molecule has 0 bridgehead atoms. The summed E-state index contributed by atoms with van der Waals surface area (Å²) in [5.41, 5.74) is 0.0404. The average molecular weight is 651 g/mol. The fourth-order valence-electron chi connectivity index (χ4n) is 3.72. The highest BCUT2D eigenvalue weighted by Crippen LogP contribution is 2.02. The second-order valence-electron chi connectivity index (χ2n) is 8.94. The zero-order valence-corrected chi connectivity index (χ0v) is 24.3. The fourth-order valence-corrected chi connectivity index (χ4v) is 4.13. The maximum atomic E-state index is 12.5. The number of aromatic hydroxyl groups is 1. The number of nitrogens with one attached hydrogen (secondary N) is 1. The van der Waals surface area contributed by atoms with Crippen LogP contribution >= 0.6 is 15.9 Å². The lowest BCUT2D eigenvalue weighted by Gasteiger charge is -2.10. The van der Waals surface area contributed by atoms with Crippen LogP contribution < -0.4 is 22.5 Å². The molecule has 14 nitrogen and oxygen atoms in total. The Morgan fingerprint density at radius 2 is 1.40 bits per heavy atom. The molecule has 222 valence electrons. The number of pyridine rings is 2. The quantitative estimate of drug-likeness (QED) is 0.223. The molecule has 0 radical (unpaired) electrons. The molecular formula is C28H27BrN8O6. The van der Waals surface area contributed by atoms with E-state index in [1.54, 1.807) is 18.5 Å². The Bertz CT molecular complexity index is 1860. The lowest BCUT2D eigenvalue weighted by molar-refractivity contribution is 0.0568. The number of benzene rings is 1. The third-order valence-electron chi connectivity index (χ3n) is 5.90. The van der Waals surface area contributed by atoms with E-state index in [1.807, 2.05) is 65.6 Å². The van der Waals surface area contributed by atoms with Crippen molar-refractivity contribution in [3.8, 4) is 5.88 Å².